The minimum Gasteiger partial charge on any atom is -0.497 e. The number of likely N-dealkylation sites (tertiary alicyclic amines) is 1. The average Bonchev–Trinajstić information content (AvgIpc) is 3.03. The Morgan fingerprint density at radius 2 is 1.79 bits per heavy atom. The first-order valence-electron chi connectivity index (χ1n) is 9.82. The van der Waals surface area contributed by atoms with E-state index in [9.17, 15) is 14.0 Å². The molecule has 2 saturated heterocycles. The zero-order valence-electron chi connectivity index (χ0n) is 16.3. The first-order chi connectivity index (χ1) is 14.0. The number of rotatable bonds is 5. The highest BCUT2D eigenvalue weighted by Crippen LogP contribution is 2.28. The van der Waals surface area contributed by atoms with Crippen LogP contribution in [0.2, 0.25) is 0 Å². The Kier molecular flexibility index (Phi) is 5.49. The number of halogens is 1. The van der Waals surface area contributed by atoms with E-state index in [1.54, 1.807) is 7.11 Å². The number of nitrogens with zero attached hydrogens (tertiary/aromatic N) is 2. The maximum Gasteiger partial charge on any atom is 0.251 e. The highest BCUT2D eigenvalue weighted by atomic mass is 19.1. The molecule has 2 aromatic rings. The van der Waals surface area contributed by atoms with Crippen molar-refractivity contribution in [1.82, 2.24) is 4.90 Å². The summed E-state index contributed by atoms with van der Waals surface area (Å²) in [6.45, 7) is 1.48. The summed E-state index contributed by atoms with van der Waals surface area (Å²) < 4.78 is 18.4. The van der Waals surface area contributed by atoms with Gasteiger partial charge in [0.2, 0.25) is 5.91 Å². The van der Waals surface area contributed by atoms with E-state index in [4.69, 9.17) is 4.74 Å². The number of hydrogen-bond donors (Lipinski definition) is 1. The van der Waals surface area contributed by atoms with E-state index < -0.39 is 11.9 Å². The monoisotopic (exact) mass is 397 g/mol. The van der Waals surface area contributed by atoms with E-state index in [0.717, 1.165) is 37.4 Å². The first-order valence-corrected chi connectivity index (χ1v) is 9.82. The third kappa shape index (κ3) is 4.10. The maximum absolute atomic E-state index is 13.2. The van der Waals surface area contributed by atoms with E-state index in [2.05, 4.69) is 10.2 Å². The van der Waals surface area contributed by atoms with Crippen LogP contribution in [0.5, 0.6) is 5.75 Å². The molecule has 0 bridgehead atoms. The number of methoxy groups -OCH3 is 1. The summed E-state index contributed by atoms with van der Waals surface area (Å²) in [5.74, 6) is -0.0394. The van der Waals surface area contributed by atoms with Gasteiger partial charge in [0.05, 0.1) is 25.3 Å². The van der Waals surface area contributed by atoms with Gasteiger partial charge in [0.1, 0.15) is 11.6 Å². The van der Waals surface area contributed by atoms with Crippen LogP contribution >= 0.6 is 0 Å². The van der Waals surface area contributed by atoms with Crippen LogP contribution in [0.25, 0.3) is 0 Å². The molecule has 152 valence electrons. The Morgan fingerprint density at radius 3 is 2.48 bits per heavy atom. The maximum atomic E-state index is 13.2. The number of ether oxygens (including phenoxy) is 1. The average molecular weight is 397 g/mol. The van der Waals surface area contributed by atoms with Gasteiger partial charge in [-0.05, 0) is 49.2 Å². The van der Waals surface area contributed by atoms with Crippen molar-refractivity contribution in [3.05, 3.63) is 54.3 Å². The van der Waals surface area contributed by atoms with Crippen molar-refractivity contribution in [2.24, 2.45) is 0 Å². The molecule has 2 aliphatic heterocycles. The van der Waals surface area contributed by atoms with Crippen LogP contribution in [0.15, 0.2) is 48.5 Å². The first kappa shape index (κ1) is 19.4. The van der Waals surface area contributed by atoms with Crippen LogP contribution in [0.4, 0.5) is 15.8 Å². The minimum absolute atomic E-state index is 0.171. The molecule has 0 spiro atoms. The number of amides is 2. The molecule has 1 atom stereocenters. The van der Waals surface area contributed by atoms with E-state index in [1.807, 2.05) is 24.3 Å². The molecule has 2 aliphatic rings. The molecule has 7 heteroatoms. The van der Waals surface area contributed by atoms with Gasteiger partial charge < -0.3 is 10.1 Å². The van der Waals surface area contributed by atoms with Crippen molar-refractivity contribution >= 4 is 23.2 Å². The number of nitrogens with one attached hydrogen (secondary N) is 1. The summed E-state index contributed by atoms with van der Waals surface area (Å²) in [5, 5.41) is 3.52. The zero-order valence-corrected chi connectivity index (χ0v) is 16.3. The number of hydrogen-bond acceptors (Lipinski definition) is 5. The van der Waals surface area contributed by atoms with Gasteiger partial charge in [0, 0.05) is 30.9 Å². The second-order valence-electron chi connectivity index (χ2n) is 7.45. The lowest BCUT2D eigenvalue weighted by Gasteiger charge is -2.35. The van der Waals surface area contributed by atoms with Crippen molar-refractivity contribution in [2.75, 3.05) is 30.4 Å². The lowest BCUT2D eigenvalue weighted by atomic mass is 10.0. The van der Waals surface area contributed by atoms with Gasteiger partial charge in [-0.3, -0.25) is 14.5 Å². The number of anilines is 2. The molecular weight excluding hydrogens is 373 g/mol. The van der Waals surface area contributed by atoms with Gasteiger partial charge in [-0.15, -0.1) is 0 Å². The topological polar surface area (TPSA) is 61.9 Å². The van der Waals surface area contributed by atoms with Gasteiger partial charge in [-0.25, -0.2) is 9.29 Å². The second-order valence-corrected chi connectivity index (χ2v) is 7.45. The van der Waals surface area contributed by atoms with Crippen LogP contribution < -0.4 is 15.0 Å². The summed E-state index contributed by atoms with van der Waals surface area (Å²) >= 11 is 0. The predicted octanol–water partition coefficient (Wildman–Crippen LogP) is 3.04. The van der Waals surface area contributed by atoms with E-state index in [0.29, 0.717) is 11.7 Å². The molecule has 4 rings (SSSR count). The van der Waals surface area contributed by atoms with E-state index in [-0.39, 0.29) is 18.2 Å². The van der Waals surface area contributed by atoms with E-state index >= 15 is 0 Å². The predicted molar refractivity (Wildman–Crippen MR) is 109 cm³/mol. The Bertz CT molecular complexity index is 894. The molecule has 2 heterocycles. The zero-order chi connectivity index (χ0) is 20.4. The number of carbonyl (C=O) groups excluding carboxylic acids is 2. The van der Waals surface area contributed by atoms with Crippen molar-refractivity contribution in [3.8, 4) is 5.75 Å². The Morgan fingerprint density at radius 1 is 1.07 bits per heavy atom. The largest absolute Gasteiger partial charge is 0.497 e. The summed E-state index contributed by atoms with van der Waals surface area (Å²) in [4.78, 5) is 28.6. The molecule has 2 aromatic carbocycles. The highest BCUT2D eigenvalue weighted by molar-refractivity contribution is 6.22. The molecule has 0 aliphatic carbocycles. The van der Waals surface area contributed by atoms with Gasteiger partial charge in [-0.1, -0.05) is 6.07 Å². The quantitative estimate of drug-likeness (QED) is 0.786. The van der Waals surface area contributed by atoms with Crippen molar-refractivity contribution in [2.45, 2.75) is 31.3 Å². The lowest BCUT2D eigenvalue weighted by Crippen LogP contribution is -2.48. The van der Waals surface area contributed by atoms with Crippen LogP contribution in [-0.2, 0) is 9.59 Å². The fourth-order valence-corrected chi connectivity index (χ4v) is 4.07. The van der Waals surface area contributed by atoms with Gasteiger partial charge in [0.25, 0.3) is 5.91 Å². The van der Waals surface area contributed by atoms with Crippen molar-refractivity contribution < 1.29 is 18.7 Å². The number of benzene rings is 2. The fourth-order valence-electron chi connectivity index (χ4n) is 4.07. The van der Waals surface area contributed by atoms with Crippen molar-refractivity contribution in [3.63, 3.8) is 0 Å². The normalized spacial score (nSPS) is 20.9. The second kappa shape index (κ2) is 8.21. The van der Waals surface area contributed by atoms with Gasteiger partial charge in [-0.2, -0.15) is 0 Å². The smallest absolute Gasteiger partial charge is 0.251 e. The van der Waals surface area contributed by atoms with Crippen LogP contribution in [0.3, 0.4) is 0 Å². The lowest BCUT2D eigenvalue weighted by molar-refractivity contribution is -0.123. The highest BCUT2D eigenvalue weighted by Gasteiger charge is 2.43. The summed E-state index contributed by atoms with van der Waals surface area (Å²) in [5.41, 5.74) is 1.44. The van der Waals surface area contributed by atoms with Crippen LogP contribution in [0, 0.1) is 5.82 Å². The fraction of sp³-hybridized carbons (Fsp3) is 0.364. The molecule has 2 amide bonds. The van der Waals surface area contributed by atoms with Crippen molar-refractivity contribution in [1.29, 1.82) is 0 Å². The molecule has 0 unspecified atom stereocenters. The molecule has 0 aromatic heterocycles. The number of piperidine rings is 1. The molecule has 6 nitrogen and oxygen atoms in total. The molecule has 1 N–H and O–H groups in total. The molecular formula is C22H24FN3O3. The number of carbonyl (C=O) groups is 2. The summed E-state index contributed by atoms with van der Waals surface area (Å²) in [6, 6.07) is 13.2. The van der Waals surface area contributed by atoms with Gasteiger partial charge >= 0.3 is 0 Å². The minimum atomic E-state index is -0.440. The third-order valence-corrected chi connectivity index (χ3v) is 5.62. The Labute approximate surface area is 169 Å². The third-order valence-electron chi connectivity index (χ3n) is 5.62. The standard InChI is InChI=1S/C22H24FN3O3/c1-29-19-4-2-3-17(13-19)24-16-9-11-25(12-10-16)20-14-21(27)26(22(20)28)18-7-5-15(23)6-8-18/h2-8,13,16,20,24H,9-12,14H2,1H3/t20-/m0/s1. The Balaban J connectivity index is 1.36. The molecule has 29 heavy (non-hydrogen) atoms. The Hall–Kier alpha value is -2.93. The summed E-state index contributed by atoms with van der Waals surface area (Å²) in [7, 11) is 1.65. The molecule has 0 radical (unpaired) electrons. The number of imide groups is 1. The van der Waals surface area contributed by atoms with Crippen LogP contribution in [0.1, 0.15) is 19.3 Å². The SMILES string of the molecule is COc1cccc(NC2CCN([C@H]3CC(=O)N(c4ccc(F)cc4)C3=O)CC2)c1. The van der Waals surface area contributed by atoms with Gasteiger partial charge in [0.15, 0.2) is 0 Å². The molecule has 2 fully saturated rings. The molecule has 0 saturated carbocycles. The van der Waals surface area contributed by atoms with E-state index in [1.165, 1.54) is 29.2 Å². The van der Waals surface area contributed by atoms with Crippen LogP contribution in [-0.4, -0.2) is 49.0 Å². The summed E-state index contributed by atoms with van der Waals surface area (Å²) in [6.07, 6.45) is 1.93.